The summed E-state index contributed by atoms with van der Waals surface area (Å²) < 4.78 is 31.9. The van der Waals surface area contributed by atoms with E-state index in [1.54, 1.807) is 66.7 Å². The van der Waals surface area contributed by atoms with E-state index < -0.39 is 23.9 Å². The molecule has 0 unspecified atom stereocenters. The summed E-state index contributed by atoms with van der Waals surface area (Å²) in [6.45, 7) is 8.74. The molecule has 0 atom stereocenters. The van der Waals surface area contributed by atoms with Gasteiger partial charge in [0.05, 0.1) is 51.5 Å². The summed E-state index contributed by atoms with van der Waals surface area (Å²) in [6, 6.07) is 25.7. The third-order valence-corrected chi connectivity index (χ3v) is 8.80. The first-order valence-electron chi connectivity index (χ1n) is 20.2. The molecular weight excluding hydrogens is 797 g/mol. The minimum atomic E-state index is -0.617. The monoisotopic (exact) mass is 848 g/mol. The molecule has 0 aromatic heterocycles. The number of unbranched alkanes of at least 4 members (excludes halogenated alkanes) is 6. The molecule has 0 saturated carbocycles. The largest absolute Gasteiger partial charge is 0.494 e. The standard InChI is InChI=1S/C48H52N2O12/c1-4-45(51)58-30-12-8-6-10-28-56-40-21-16-37(17-22-40)35-60-62-44-27-18-38(32-43(44)48(54)55-3)34-50-49-33-36-14-23-42(24-15-36)61-47(53)39-19-25-41(26-20-39)57-29-11-7-9-13-31-59-46(52)5-2/h4-5,14-27,32-34H,1-2,6-13,28-31,35H2,3H3/b49-33+,50-34+. The smallest absolute Gasteiger partial charge is 0.343 e. The molecule has 4 rings (SSSR count). The fraction of sp³-hybridized carbons (Fsp3) is 0.292. The summed E-state index contributed by atoms with van der Waals surface area (Å²) in [5.41, 5.74) is 2.64. The molecule has 0 bridgehead atoms. The molecule has 4 aromatic rings. The number of benzene rings is 4. The van der Waals surface area contributed by atoms with Gasteiger partial charge in [-0.05, 0) is 147 Å². The number of carbonyl (C=O) groups excluding carboxylic acids is 4. The van der Waals surface area contributed by atoms with E-state index in [1.807, 2.05) is 24.3 Å². The van der Waals surface area contributed by atoms with Crippen LogP contribution in [0.3, 0.4) is 0 Å². The highest BCUT2D eigenvalue weighted by Gasteiger charge is 2.15. The van der Waals surface area contributed by atoms with Gasteiger partial charge in [-0.3, -0.25) is 0 Å². The minimum Gasteiger partial charge on any atom is -0.494 e. The molecule has 0 amide bonds. The van der Waals surface area contributed by atoms with Crippen molar-refractivity contribution in [1.29, 1.82) is 0 Å². The van der Waals surface area contributed by atoms with Crippen LogP contribution in [0.2, 0.25) is 0 Å². The van der Waals surface area contributed by atoms with Crippen molar-refractivity contribution in [3.05, 3.63) is 144 Å². The van der Waals surface area contributed by atoms with E-state index in [4.69, 9.17) is 38.2 Å². The first-order valence-corrected chi connectivity index (χ1v) is 20.2. The van der Waals surface area contributed by atoms with E-state index in [1.165, 1.54) is 19.5 Å². The highest BCUT2D eigenvalue weighted by molar-refractivity contribution is 5.95. The molecule has 0 heterocycles. The van der Waals surface area contributed by atoms with Gasteiger partial charge in [-0.25, -0.2) is 19.2 Å². The van der Waals surface area contributed by atoms with Crippen molar-refractivity contribution >= 4 is 36.3 Å². The topological polar surface area (TPSA) is 167 Å². The Labute approximate surface area is 361 Å². The fourth-order valence-electron chi connectivity index (χ4n) is 5.45. The zero-order chi connectivity index (χ0) is 44.2. The molecule has 0 fully saturated rings. The first kappa shape index (κ1) is 47.6. The third kappa shape index (κ3) is 18.1. The molecule has 0 aliphatic carbocycles. The molecule has 0 spiro atoms. The number of hydrogen-bond donors (Lipinski definition) is 0. The average molecular weight is 849 g/mol. The Kier molecular flexibility index (Phi) is 21.2. The maximum atomic E-state index is 12.7. The van der Waals surface area contributed by atoms with Crippen LogP contribution >= 0.6 is 0 Å². The van der Waals surface area contributed by atoms with Crippen molar-refractivity contribution in [2.75, 3.05) is 33.5 Å². The Morgan fingerprint density at radius 2 is 1.06 bits per heavy atom. The zero-order valence-corrected chi connectivity index (χ0v) is 34.9. The van der Waals surface area contributed by atoms with Crippen LogP contribution in [0.1, 0.15) is 88.8 Å². The Balaban J connectivity index is 1.15. The predicted molar refractivity (Wildman–Crippen MR) is 233 cm³/mol. The van der Waals surface area contributed by atoms with Gasteiger partial charge in [0.15, 0.2) is 5.75 Å². The van der Waals surface area contributed by atoms with Crippen LogP contribution in [0, 0.1) is 0 Å². The number of rotatable bonds is 28. The summed E-state index contributed by atoms with van der Waals surface area (Å²) in [5, 5.41) is 8.18. The molecule has 0 saturated heterocycles. The van der Waals surface area contributed by atoms with Crippen LogP contribution in [0.5, 0.6) is 23.0 Å². The highest BCUT2D eigenvalue weighted by Crippen LogP contribution is 2.23. The van der Waals surface area contributed by atoms with E-state index in [0.717, 1.165) is 74.8 Å². The molecule has 4 aromatic carbocycles. The van der Waals surface area contributed by atoms with Crippen LogP contribution in [0.4, 0.5) is 0 Å². The molecule has 0 aliphatic rings. The van der Waals surface area contributed by atoms with Gasteiger partial charge in [-0.1, -0.05) is 25.3 Å². The number of carbonyl (C=O) groups is 4. The Bertz CT molecular complexity index is 2100. The van der Waals surface area contributed by atoms with Crippen molar-refractivity contribution in [2.45, 2.75) is 58.0 Å². The summed E-state index contributed by atoms with van der Waals surface area (Å²) in [5.74, 6) is -0.0177. The molecular formula is C48H52N2O12. The fourth-order valence-corrected chi connectivity index (χ4v) is 5.45. The number of ether oxygens (including phenoxy) is 6. The summed E-state index contributed by atoms with van der Waals surface area (Å²) in [4.78, 5) is 58.3. The van der Waals surface area contributed by atoms with Crippen LogP contribution < -0.4 is 19.1 Å². The van der Waals surface area contributed by atoms with Crippen LogP contribution in [-0.2, 0) is 35.3 Å². The Hall–Kier alpha value is -7.06. The lowest BCUT2D eigenvalue weighted by molar-refractivity contribution is -0.217. The van der Waals surface area contributed by atoms with E-state index in [9.17, 15) is 19.2 Å². The highest BCUT2D eigenvalue weighted by atomic mass is 17.2. The van der Waals surface area contributed by atoms with Gasteiger partial charge in [0.25, 0.3) is 0 Å². The quantitative estimate of drug-likeness (QED) is 0.00779. The number of methoxy groups -OCH3 is 1. The number of esters is 4. The Morgan fingerprint density at radius 3 is 1.61 bits per heavy atom. The zero-order valence-electron chi connectivity index (χ0n) is 34.9. The van der Waals surface area contributed by atoms with Gasteiger partial charge in [0.1, 0.15) is 29.4 Å². The second-order valence-corrected chi connectivity index (χ2v) is 13.5. The van der Waals surface area contributed by atoms with Gasteiger partial charge in [0.2, 0.25) is 0 Å². The average Bonchev–Trinajstić information content (AvgIpc) is 3.30. The molecule has 0 radical (unpaired) electrons. The van der Waals surface area contributed by atoms with E-state index in [0.29, 0.717) is 54.6 Å². The van der Waals surface area contributed by atoms with Gasteiger partial charge in [0, 0.05) is 12.2 Å². The SMILES string of the molecule is C=CC(=O)OCCCCCCOc1ccc(COOc2ccc(/C=N/N=C/c3ccc(OC(=O)c4ccc(OCCCCCCOC(=O)C=C)cc4)cc3)cc2C(=O)OC)cc1. The van der Waals surface area contributed by atoms with Crippen molar-refractivity contribution < 1.29 is 57.4 Å². The maximum absolute atomic E-state index is 12.7. The van der Waals surface area contributed by atoms with Crippen molar-refractivity contribution in [3.63, 3.8) is 0 Å². The third-order valence-electron chi connectivity index (χ3n) is 8.80. The van der Waals surface area contributed by atoms with E-state index >= 15 is 0 Å². The molecule has 62 heavy (non-hydrogen) atoms. The number of hydrogen-bond acceptors (Lipinski definition) is 14. The Morgan fingerprint density at radius 1 is 0.565 bits per heavy atom. The van der Waals surface area contributed by atoms with E-state index in [2.05, 4.69) is 23.4 Å². The van der Waals surface area contributed by atoms with Gasteiger partial charge in [-0.2, -0.15) is 15.1 Å². The van der Waals surface area contributed by atoms with Crippen molar-refractivity contribution in [1.82, 2.24) is 0 Å². The lowest BCUT2D eigenvalue weighted by Crippen LogP contribution is -2.08. The van der Waals surface area contributed by atoms with Crippen LogP contribution in [-0.4, -0.2) is 69.8 Å². The molecule has 0 aliphatic heterocycles. The minimum absolute atomic E-state index is 0.117. The van der Waals surface area contributed by atoms with E-state index in [-0.39, 0.29) is 17.9 Å². The summed E-state index contributed by atoms with van der Waals surface area (Å²) >= 11 is 0. The van der Waals surface area contributed by atoms with Crippen LogP contribution in [0.15, 0.2) is 127 Å². The summed E-state index contributed by atoms with van der Waals surface area (Å²) in [6.07, 6.45) is 12.4. The number of nitrogens with zero attached hydrogens (tertiary/aromatic N) is 2. The predicted octanol–water partition coefficient (Wildman–Crippen LogP) is 8.99. The second kappa shape index (κ2) is 27.7. The molecule has 14 heteroatoms. The molecule has 326 valence electrons. The van der Waals surface area contributed by atoms with Gasteiger partial charge < -0.3 is 33.3 Å². The summed E-state index contributed by atoms with van der Waals surface area (Å²) in [7, 11) is 1.27. The molecule has 0 N–H and O–H groups in total. The van der Waals surface area contributed by atoms with Crippen molar-refractivity contribution in [2.24, 2.45) is 10.2 Å². The lowest BCUT2D eigenvalue weighted by atomic mass is 10.1. The van der Waals surface area contributed by atoms with Gasteiger partial charge >= 0.3 is 23.9 Å². The second-order valence-electron chi connectivity index (χ2n) is 13.5. The van der Waals surface area contributed by atoms with Gasteiger partial charge in [-0.15, -0.1) is 0 Å². The normalized spacial score (nSPS) is 10.9. The molecule has 14 nitrogen and oxygen atoms in total. The maximum Gasteiger partial charge on any atom is 0.343 e. The van der Waals surface area contributed by atoms with Crippen LogP contribution in [0.25, 0.3) is 0 Å². The first-order chi connectivity index (χ1) is 30.3. The lowest BCUT2D eigenvalue weighted by Gasteiger charge is -2.10. The van der Waals surface area contributed by atoms with Crippen molar-refractivity contribution in [3.8, 4) is 23.0 Å².